The van der Waals surface area contributed by atoms with Crippen molar-refractivity contribution in [2.45, 2.75) is 51.7 Å². The molecule has 4 nitrogen and oxygen atoms in total. The van der Waals surface area contributed by atoms with Crippen LogP contribution >= 0.6 is 0 Å². The van der Waals surface area contributed by atoms with Gasteiger partial charge in [-0.05, 0) is 56.1 Å². The predicted octanol–water partition coefficient (Wildman–Crippen LogP) is 3.69. The fourth-order valence-electron chi connectivity index (χ4n) is 4.15. The van der Waals surface area contributed by atoms with Crippen LogP contribution in [0.4, 0.5) is 14.5 Å². The highest BCUT2D eigenvalue weighted by molar-refractivity contribution is 5.92. The number of benzene rings is 1. The van der Waals surface area contributed by atoms with Crippen molar-refractivity contribution >= 4 is 11.6 Å². The molecule has 1 aromatic carbocycles. The van der Waals surface area contributed by atoms with E-state index < -0.39 is 6.61 Å². The summed E-state index contributed by atoms with van der Waals surface area (Å²) in [5, 5.41) is 2.85. The lowest BCUT2D eigenvalue weighted by Crippen LogP contribution is -2.48. The van der Waals surface area contributed by atoms with Crippen molar-refractivity contribution in [3.8, 4) is 5.75 Å². The Hall–Kier alpha value is -1.69. The van der Waals surface area contributed by atoms with E-state index in [1.165, 1.54) is 12.5 Å². The molecule has 6 heteroatoms. The highest BCUT2D eigenvalue weighted by atomic mass is 19.3. The third-order valence-corrected chi connectivity index (χ3v) is 5.46. The quantitative estimate of drug-likeness (QED) is 0.880. The second kappa shape index (κ2) is 7.05. The van der Waals surface area contributed by atoms with Crippen LogP contribution in [0.5, 0.6) is 5.75 Å². The molecule has 0 aromatic heterocycles. The van der Waals surface area contributed by atoms with Crippen molar-refractivity contribution in [2.75, 3.05) is 5.32 Å². The molecule has 1 aromatic rings. The normalized spacial score (nSPS) is 29.4. The molecule has 2 aliphatic rings. The van der Waals surface area contributed by atoms with E-state index >= 15 is 0 Å². The van der Waals surface area contributed by atoms with E-state index in [1.807, 2.05) is 0 Å². The summed E-state index contributed by atoms with van der Waals surface area (Å²) in [6, 6.07) is 5.04. The van der Waals surface area contributed by atoms with Gasteiger partial charge < -0.3 is 15.8 Å². The number of carbonyl (C=O) groups excluding carboxylic acids is 1. The van der Waals surface area contributed by atoms with Gasteiger partial charge in [0.1, 0.15) is 5.75 Å². The van der Waals surface area contributed by atoms with Crippen LogP contribution in [0.1, 0.15) is 37.7 Å². The van der Waals surface area contributed by atoms with Crippen molar-refractivity contribution in [1.82, 2.24) is 0 Å². The molecule has 0 radical (unpaired) electrons. The fraction of sp³-hybridized carbons (Fsp3) is 0.611. The van der Waals surface area contributed by atoms with Crippen molar-refractivity contribution < 1.29 is 18.3 Å². The van der Waals surface area contributed by atoms with Gasteiger partial charge in [0.15, 0.2) is 0 Å². The first-order valence-corrected chi connectivity index (χ1v) is 8.56. The lowest BCUT2D eigenvalue weighted by Gasteiger charge is -2.43. The van der Waals surface area contributed by atoms with Crippen molar-refractivity contribution in [1.29, 1.82) is 0 Å². The molecule has 2 atom stereocenters. The van der Waals surface area contributed by atoms with Crippen LogP contribution < -0.4 is 15.8 Å². The highest BCUT2D eigenvalue weighted by Crippen LogP contribution is 2.42. The highest BCUT2D eigenvalue weighted by Gasteiger charge is 2.40. The summed E-state index contributed by atoms with van der Waals surface area (Å²) in [5.74, 6) is 0.824. The SMILES string of the molecule is Cc1ccc(NC(=O)C2CC3CCCC(C2)C3N)cc1OC(F)F. The molecule has 3 N–H and O–H groups in total. The number of fused-ring (bicyclic) bond motifs is 2. The number of hydrogen-bond donors (Lipinski definition) is 2. The first-order chi connectivity index (χ1) is 11.4. The van der Waals surface area contributed by atoms with Gasteiger partial charge in [0, 0.05) is 23.7 Å². The minimum Gasteiger partial charge on any atom is -0.434 e. The molecule has 2 fully saturated rings. The van der Waals surface area contributed by atoms with E-state index in [-0.39, 0.29) is 23.6 Å². The molecule has 3 rings (SSSR count). The van der Waals surface area contributed by atoms with E-state index in [0.29, 0.717) is 23.1 Å². The number of carbonyl (C=O) groups is 1. The largest absolute Gasteiger partial charge is 0.434 e. The van der Waals surface area contributed by atoms with Gasteiger partial charge in [-0.2, -0.15) is 8.78 Å². The van der Waals surface area contributed by atoms with Crippen LogP contribution in [0, 0.1) is 24.7 Å². The van der Waals surface area contributed by atoms with Crippen molar-refractivity contribution in [3.05, 3.63) is 23.8 Å². The summed E-state index contributed by atoms with van der Waals surface area (Å²) >= 11 is 0. The number of aryl methyl sites for hydroxylation is 1. The second-order valence-electron chi connectivity index (χ2n) is 7.04. The van der Waals surface area contributed by atoms with Gasteiger partial charge in [0.05, 0.1) is 0 Å². The third kappa shape index (κ3) is 3.69. The summed E-state index contributed by atoms with van der Waals surface area (Å²) in [6.45, 7) is -1.19. The van der Waals surface area contributed by atoms with E-state index in [9.17, 15) is 13.6 Å². The molecule has 0 spiro atoms. The molecule has 132 valence electrons. The van der Waals surface area contributed by atoms with Crippen LogP contribution in [0.15, 0.2) is 18.2 Å². The summed E-state index contributed by atoms with van der Waals surface area (Å²) in [5.41, 5.74) is 7.35. The Morgan fingerprint density at radius 2 is 1.96 bits per heavy atom. The van der Waals surface area contributed by atoms with Crippen molar-refractivity contribution in [2.24, 2.45) is 23.5 Å². The average molecular weight is 338 g/mol. The first-order valence-electron chi connectivity index (χ1n) is 8.56. The van der Waals surface area contributed by atoms with Gasteiger partial charge in [0.2, 0.25) is 5.91 Å². The maximum absolute atomic E-state index is 12.6. The Labute approximate surface area is 140 Å². The van der Waals surface area contributed by atoms with Crippen LogP contribution in [-0.2, 0) is 4.79 Å². The molecule has 0 heterocycles. The summed E-state index contributed by atoms with van der Waals surface area (Å²) < 4.78 is 29.4. The number of nitrogens with one attached hydrogen (secondary N) is 1. The van der Waals surface area contributed by atoms with E-state index in [1.54, 1.807) is 19.1 Å². The first kappa shape index (κ1) is 17.1. The number of alkyl halides is 2. The molecule has 0 saturated heterocycles. The number of nitrogens with two attached hydrogens (primary N) is 1. The zero-order valence-electron chi connectivity index (χ0n) is 13.8. The molecule has 0 aliphatic heterocycles. The lowest BCUT2D eigenvalue weighted by atomic mass is 9.65. The number of anilines is 1. The summed E-state index contributed by atoms with van der Waals surface area (Å²) in [6.07, 6.45) is 5.02. The fourth-order valence-corrected chi connectivity index (χ4v) is 4.15. The van der Waals surface area contributed by atoms with Crippen LogP contribution in [-0.4, -0.2) is 18.6 Å². The number of rotatable bonds is 4. The molecular formula is C18H24F2N2O2. The molecule has 2 saturated carbocycles. The number of hydrogen-bond acceptors (Lipinski definition) is 3. The molecule has 24 heavy (non-hydrogen) atoms. The lowest BCUT2D eigenvalue weighted by molar-refractivity contribution is -0.122. The van der Waals surface area contributed by atoms with Crippen LogP contribution in [0.25, 0.3) is 0 Å². The van der Waals surface area contributed by atoms with Gasteiger partial charge in [-0.15, -0.1) is 0 Å². The zero-order valence-corrected chi connectivity index (χ0v) is 13.8. The Bertz CT molecular complexity index is 595. The van der Waals surface area contributed by atoms with Gasteiger partial charge in [-0.3, -0.25) is 4.79 Å². The van der Waals surface area contributed by atoms with Crippen molar-refractivity contribution in [3.63, 3.8) is 0 Å². The standard InChI is InChI=1S/C18H24F2N2O2/c1-10-5-6-14(9-15(10)24-18(19)20)22-17(23)13-7-11-3-2-4-12(8-13)16(11)21/h5-6,9,11-13,16,18H,2-4,7-8,21H2,1H3,(H,22,23). The Morgan fingerprint density at radius 3 is 2.58 bits per heavy atom. The average Bonchev–Trinajstić information content (AvgIpc) is 2.49. The topological polar surface area (TPSA) is 64.4 Å². The number of halogens is 2. The minimum atomic E-state index is -2.88. The van der Waals surface area contributed by atoms with Gasteiger partial charge in [0.25, 0.3) is 0 Å². The van der Waals surface area contributed by atoms with E-state index in [4.69, 9.17) is 5.73 Å². The maximum Gasteiger partial charge on any atom is 0.387 e. The van der Waals surface area contributed by atoms with Gasteiger partial charge in [-0.1, -0.05) is 12.5 Å². The van der Waals surface area contributed by atoms with E-state index in [0.717, 1.165) is 25.7 Å². The third-order valence-electron chi connectivity index (χ3n) is 5.46. The van der Waals surface area contributed by atoms with Gasteiger partial charge in [-0.25, -0.2) is 0 Å². The predicted molar refractivity (Wildman–Crippen MR) is 88.0 cm³/mol. The molecule has 2 bridgehead atoms. The number of amides is 1. The Balaban J connectivity index is 1.67. The molecular weight excluding hydrogens is 314 g/mol. The monoisotopic (exact) mass is 338 g/mol. The molecule has 2 unspecified atom stereocenters. The van der Waals surface area contributed by atoms with Crippen LogP contribution in [0.2, 0.25) is 0 Å². The van der Waals surface area contributed by atoms with Gasteiger partial charge >= 0.3 is 6.61 Å². The summed E-state index contributed by atoms with van der Waals surface area (Å²) in [7, 11) is 0. The molecule has 1 amide bonds. The number of ether oxygens (including phenoxy) is 1. The Kier molecular flexibility index (Phi) is 5.04. The second-order valence-corrected chi connectivity index (χ2v) is 7.04. The Morgan fingerprint density at radius 1 is 1.29 bits per heavy atom. The smallest absolute Gasteiger partial charge is 0.387 e. The zero-order chi connectivity index (χ0) is 17.3. The van der Waals surface area contributed by atoms with E-state index in [2.05, 4.69) is 10.1 Å². The van der Waals surface area contributed by atoms with Crippen LogP contribution in [0.3, 0.4) is 0 Å². The summed E-state index contributed by atoms with van der Waals surface area (Å²) in [4.78, 5) is 12.6. The molecule has 2 aliphatic carbocycles. The minimum absolute atomic E-state index is 0.0503. The maximum atomic E-state index is 12.6.